The first-order valence-electron chi connectivity index (χ1n) is 21.2. The predicted molar refractivity (Wildman–Crippen MR) is 258 cm³/mol. The molecule has 4 nitrogen and oxygen atoms in total. The van der Waals surface area contributed by atoms with E-state index in [1.807, 2.05) is 6.07 Å². The highest BCUT2D eigenvalue weighted by atomic mass is 16.3. The molecule has 0 aliphatic carbocycles. The molecule has 0 aliphatic heterocycles. The van der Waals surface area contributed by atoms with Crippen LogP contribution in [0.4, 0.5) is 0 Å². The first-order valence-corrected chi connectivity index (χ1v) is 21.2. The van der Waals surface area contributed by atoms with Crippen molar-refractivity contribution in [1.82, 2.24) is 9.13 Å². The van der Waals surface area contributed by atoms with Gasteiger partial charge in [0.15, 0.2) is 0 Å². The second-order valence-corrected chi connectivity index (χ2v) is 16.4. The minimum atomic E-state index is 0.869. The van der Waals surface area contributed by atoms with Crippen LogP contribution in [0.2, 0.25) is 0 Å². The van der Waals surface area contributed by atoms with Crippen molar-refractivity contribution in [2.75, 3.05) is 0 Å². The molecule has 10 aromatic carbocycles. The summed E-state index contributed by atoms with van der Waals surface area (Å²) < 4.78 is 18.4. The summed E-state index contributed by atoms with van der Waals surface area (Å²) in [6, 6.07) is 74.1. The van der Waals surface area contributed by atoms with E-state index in [0.717, 1.165) is 99.0 Å². The normalized spacial score (nSPS) is 12.2. The lowest BCUT2D eigenvalue weighted by Gasteiger charge is -2.11. The molecular formula is C58H34N2O2. The van der Waals surface area contributed by atoms with Gasteiger partial charge in [-0.15, -0.1) is 0 Å². The van der Waals surface area contributed by atoms with Gasteiger partial charge in [0.25, 0.3) is 0 Å². The Bertz CT molecular complexity index is 4150. The molecule has 0 N–H and O–H groups in total. The molecule has 62 heavy (non-hydrogen) atoms. The zero-order valence-corrected chi connectivity index (χ0v) is 33.3. The zero-order chi connectivity index (χ0) is 40.5. The van der Waals surface area contributed by atoms with Gasteiger partial charge in [-0.25, -0.2) is 0 Å². The van der Waals surface area contributed by atoms with Crippen LogP contribution in [0, 0.1) is 0 Å². The molecule has 4 heteroatoms. The van der Waals surface area contributed by atoms with Crippen LogP contribution in [-0.2, 0) is 0 Å². The van der Waals surface area contributed by atoms with Crippen LogP contribution in [0.1, 0.15) is 0 Å². The van der Waals surface area contributed by atoms with Crippen molar-refractivity contribution in [3.05, 3.63) is 206 Å². The number of rotatable bonds is 4. The number of benzene rings is 10. The third-order valence-electron chi connectivity index (χ3n) is 13.1. The fourth-order valence-electron chi connectivity index (χ4n) is 10.4. The highest BCUT2D eigenvalue weighted by molar-refractivity contribution is 6.40. The molecule has 0 fully saturated rings. The van der Waals surface area contributed by atoms with Crippen molar-refractivity contribution in [1.29, 1.82) is 0 Å². The van der Waals surface area contributed by atoms with Crippen LogP contribution in [0.3, 0.4) is 0 Å². The van der Waals surface area contributed by atoms with Crippen LogP contribution in [0.15, 0.2) is 215 Å². The van der Waals surface area contributed by atoms with E-state index in [4.69, 9.17) is 8.83 Å². The van der Waals surface area contributed by atoms with E-state index in [9.17, 15) is 0 Å². The fourth-order valence-corrected chi connectivity index (χ4v) is 10.4. The molecule has 4 heterocycles. The van der Waals surface area contributed by atoms with Crippen molar-refractivity contribution in [3.8, 4) is 33.6 Å². The first kappa shape index (κ1) is 33.5. The van der Waals surface area contributed by atoms with E-state index in [2.05, 4.69) is 209 Å². The third kappa shape index (κ3) is 4.61. The van der Waals surface area contributed by atoms with Gasteiger partial charge in [0.1, 0.15) is 22.3 Å². The van der Waals surface area contributed by atoms with Gasteiger partial charge in [0, 0.05) is 59.9 Å². The van der Waals surface area contributed by atoms with Gasteiger partial charge in [0.05, 0.1) is 27.5 Å². The number of furan rings is 2. The average Bonchev–Trinajstić information content (AvgIpc) is 4.09. The van der Waals surface area contributed by atoms with Gasteiger partial charge >= 0.3 is 0 Å². The van der Waals surface area contributed by atoms with Crippen LogP contribution in [0.25, 0.3) is 132 Å². The number of para-hydroxylation sites is 4. The molecule has 0 unspecified atom stereocenters. The molecule has 0 amide bonds. The Morgan fingerprint density at radius 2 is 0.855 bits per heavy atom. The van der Waals surface area contributed by atoms with Crippen molar-refractivity contribution < 1.29 is 8.83 Å². The number of nitrogens with zero attached hydrogens (tertiary/aromatic N) is 2. The maximum absolute atomic E-state index is 7.05. The van der Waals surface area contributed by atoms with E-state index in [1.165, 1.54) is 32.9 Å². The summed E-state index contributed by atoms with van der Waals surface area (Å²) in [5, 5.41) is 11.4. The zero-order valence-electron chi connectivity index (χ0n) is 33.3. The van der Waals surface area contributed by atoms with Crippen LogP contribution in [0.5, 0.6) is 0 Å². The second-order valence-electron chi connectivity index (χ2n) is 16.4. The van der Waals surface area contributed by atoms with Crippen LogP contribution >= 0.6 is 0 Å². The summed E-state index contributed by atoms with van der Waals surface area (Å²) >= 11 is 0. The van der Waals surface area contributed by atoms with Gasteiger partial charge in [-0.1, -0.05) is 127 Å². The van der Waals surface area contributed by atoms with Gasteiger partial charge in [-0.2, -0.15) is 0 Å². The monoisotopic (exact) mass is 790 g/mol. The molecule has 0 spiro atoms. The summed E-state index contributed by atoms with van der Waals surface area (Å²) in [5.74, 6) is 0. The first-order chi connectivity index (χ1) is 30.8. The number of hydrogen-bond acceptors (Lipinski definition) is 2. The van der Waals surface area contributed by atoms with Crippen LogP contribution < -0.4 is 0 Å². The maximum atomic E-state index is 7.05. The summed E-state index contributed by atoms with van der Waals surface area (Å²) in [7, 11) is 0. The summed E-state index contributed by atoms with van der Waals surface area (Å²) in [5.41, 5.74) is 15.1. The Balaban J connectivity index is 1.06. The lowest BCUT2D eigenvalue weighted by molar-refractivity contribution is 0.669. The van der Waals surface area contributed by atoms with E-state index in [-0.39, 0.29) is 0 Å². The molecule has 0 saturated carbocycles. The predicted octanol–water partition coefficient (Wildman–Crippen LogP) is 16.2. The molecule has 4 aromatic heterocycles. The lowest BCUT2D eigenvalue weighted by Crippen LogP contribution is -1.94. The van der Waals surface area contributed by atoms with E-state index < -0.39 is 0 Å². The van der Waals surface area contributed by atoms with E-state index >= 15 is 0 Å². The standard InChI is InChI=1S/C58H34N2O2/c1-3-14-35(15-4-1)36-16-13-19-40(32-36)59-47-23-10-7-20-41(47)45-33-37(26-29-48(45)59)38-27-30-49-46(34-38)56-57(60(49)39-17-5-2-6-18-39)44-28-31-52-53(42-21-8-11-24-50(42)61-52)54(44)55-43-22-9-12-25-51(43)62-58(55)56/h1-34H. The summed E-state index contributed by atoms with van der Waals surface area (Å²) in [6.45, 7) is 0. The smallest absolute Gasteiger partial charge is 0.146 e. The van der Waals surface area contributed by atoms with E-state index in [1.54, 1.807) is 0 Å². The molecular weight excluding hydrogens is 757 g/mol. The maximum Gasteiger partial charge on any atom is 0.146 e. The van der Waals surface area contributed by atoms with E-state index in [0.29, 0.717) is 0 Å². The highest BCUT2D eigenvalue weighted by Crippen LogP contribution is 2.50. The minimum Gasteiger partial charge on any atom is -0.456 e. The molecule has 0 saturated heterocycles. The molecule has 0 aliphatic rings. The Morgan fingerprint density at radius 1 is 0.274 bits per heavy atom. The van der Waals surface area contributed by atoms with Gasteiger partial charge in [-0.3, -0.25) is 0 Å². The Hall–Kier alpha value is -8.34. The molecule has 14 aromatic rings. The fraction of sp³-hybridized carbons (Fsp3) is 0. The largest absolute Gasteiger partial charge is 0.456 e. The number of fused-ring (bicyclic) bond motifs is 17. The average molecular weight is 791 g/mol. The molecule has 0 radical (unpaired) electrons. The summed E-state index contributed by atoms with van der Waals surface area (Å²) in [4.78, 5) is 0. The molecule has 288 valence electrons. The van der Waals surface area contributed by atoms with Crippen molar-refractivity contribution in [2.24, 2.45) is 0 Å². The minimum absolute atomic E-state index is 0.869. The van der Waals surface area contributed by atoms with Crippen molar-refractivity contribution >= 4 is 98.3 Å². The summed E-state index contributed by atoms with van der Waals surface area (Å²) in [6.07, 6.45) is 0. The topological polar surface area (TPSA) is 36.1 Å². The third-order valence-corrected chi connectivity index (χ3v) is 13.1. The Labute approximate surface area is 354 Å². The Morgan fingerprint density at radius 3 is 1.65 bits per heavy atom. The SMILES string of the molecule is c1ccc(-c2cccc(-n3c4ccccc4c4cc(-c5ccc6c(c5)c5c7oc8ccccc8c7c7c(ccc8oc9ccccc9c87)c5n6-c5ccccc5)ccc43)c2)cc1. The van der Waals surface area contributed by atoms with Gasteiger partial charge in [-0.05, 0) is 101 Å². The molecule has 0 bridgehead atoms. The lowest BCUT2D eigenvalue weighted by atomic mass is 9.95. The number of aromatic nitrogens is 2. The quantitative estimate of drug-likeness (QED) is 0.178. The number of hydrogen-bond donors (Lipinski definition) is 0. The highest BCUT2D eigenvalue weighted by Gasteiger charge is 2.26. The Kier molecular flexibility index (Phi) is 6.80. The van der Waals surface area contributed by atoms with Gasteiger partial charge < -0.3 is 18.0 Å². The van der Waals surface area contributed by atoms with Crippen molar-refractivity contribution in [2.45, 2.75) is 0 Å². The van der Waals surface area contributed by atoms with Gasteiger partial charge in [0.2, 0.25) is 0 Å². The molecule has 14 rings (SSSR count). The van der Waals surface area contributed by atoms with Crippen molar-refractivity contribution in [3.63, 3.8) is 0 Å². The second kappa shape index (κ2) is 12.6. The van der Waals surface area contributed by atoms with Crippen LogP contribution in [-0.4, -0.2) is 9.13 Å². The molecule has 0 atom stereocenters.